The first-order valence-corrected chi connectivity index (χ1v) is 13.5. The number of rotatable bonds is 4. The molecule has 1 aromatic carbocycles. The minimum absolute atomic E-state index is 0.0621. The number of carbonyl (C=O) groups excluding carboxylic acids is 1. The Hall–Kier alpha value is -2.03. The summed E-state index contributed by atoms with van der Waals surface area (Å²) >= 11 is 0. The van der Waals surface area contributed by atoms with Crippen LogP contribution in [0.2, 0.25) is 0 Å². The van der Waals surface area contributed by atoms with E-state index >= 15 is 0 Å². The quantitative estimate of drug-likeness (QED) is 0.238. The first-order chi connectivity index (χ1) is 17.3. The van der Waals surface area contributed by atoms with E-state index in [0.29, 0.717) is 19.3 Å². The molecule has 37 heavy (non-hydrogen) atoms. The van der Waals surface area contributed by atoms with Crippen molar-refractivity contribution in [3.63, 3.8) is 0 Å². The zero-order valence-electron chi connectivity index (χ0n) is 21.9. The summed E-state index contributed by atoms with van der Waals surface area (Å²) in [6.45, 7) is 5.19. The van der Waals surface area contributed by atoms with Crippen LogP contribution in [0.4, 0.5) is 0 Å². The van der Waals surface area contributed by atoms with Crippen LogP contribution in [0.1, 0.15) is 71.3 Å². The predicted molar refractivity (Wildman–Crippen MR) is 138 cm³/mol. The van der Waals surface area contributed by atoms with Crippen LogP contribution in [0.5, 0.6) is 0 Å². The molecule has 6 unspecified atom stereocenters. The SMILES string of the molecule is CC(O)C1(O)CC[C@]2(O)C3(O)CC=C4C[C@@H](O)CCC4(C)C3C[C@@H](OC(=O)/C=C\c3ccccc3)C12C. The minimum Gasteiger partial charge on any atom is -0.458 e. The van der Waals surface area contributed by atoms with Crippen molar-refractivity contribution in [1.29, 1.82) is 0 Å². The number of aliphatic hydroxyl groups is 5. The van der Waals surface area contributed by atoms with Gasteiger partial charge in [0.2, 0.25) is 0 Å². The molecule has 1 aromatic rings. The van der Waals surface area contributed by atoms with Gasteiger partial charge in [0.15, 0.2) is 0 Å². The topological polar surface area (TPSA) is 127 Å². The van der Waals surface area contributed by atoms with Gasteiger partial charge in [0.25, 0.3) is 0 Å². The molecule has 4 aliphatic carbocycles. The Balaban J connectivity index is 1.57. The molecule has 0 aromatic heterocycles. The van der Waals surface area contributed by atoms with Crippen molar-refractivity contribution in [2.75, 3.05) is 0 Å². The van der Waals surface area contributed by atoms with E-state index in [0.717, 1.165) is 11.1 Å². The fourth-order valence-electron chi connectivity index (χ4n) is 8.42. The number of benzene rings is 1. The second kappa shape index (κ2) is 8.75. The highest BCUT2D eigenvalue weighted by Gasteiger charge is 2.81. The molecule has 0 radical (unpaired) electrons. The lowest BCUT2D eigenvalue weighted by molar-refractivity contribution is -0.326. The summed E-state index contributed by atoms with van der Waals surface area (Å²) in [7, 11) is 0. The van der Waals surface area contributed by atoms with Crippen LogP contribution in [0.25, 0.3) is 6.08 Å². The Morgan fingerprint density at radius 3 is 2.49 bits per heavy atom. The number of carbonyl (C=O) groups is 1. The first kappa shape index (κ1) is 26.6. The van der Waals surface area contributed by atoms with Crippen LogP contribution < -0.4 is 0 Å². The summed E-state index contributed by atoms with van der Waals surface area (Å²) < 4.78 is 6.04. The van der Waals surface area contributed by atoms with Gasteiger partial charge in [-0.25, -0.2) is 4.79 Å². The fraction of sp³-hybridized carbons (Fsp3) is 0.633. The molecule has 0 heterocycles. The number of hydrogen-bond donors (Lipinski definition) is 5. The Morgan fingerprint density at radius 1 is 1.11 bits per heavy atom. The smallest absolute Gasteiger partial charge is 0.331 e. The molecular weight excluding hydrogens is 472 g/mol. The van der Waals surface area contributed by atoms with E-state index in [2.05, 4.69) is 6.92 Å². The summed E-state index contributed by atoms with van der Waals surface area (Å²) in [6.07, 6.45) is 4.57. The monoisotopic (exact) mass is 512 g/mol. The fourth-order valence-corrected chi connectivity index (χ4v) is 8.42. The van der Waals surface area contributed by atoms with Gasteiger partial charge in [-0.15, -0.1) is 0 Å². The largest absolute Gasteiger partial charge is 0.458 e. The van der Waals surface area contributed by atoms with Gasteiger partial charge in [0.1, 0.15) is 22.9 Å². The number of aliphatic hydroxyl groups excluding tert-OH is 2. The molecule has 7 nitrogen and oxygen atoms in total. The molecular formula is C30H40O7. The maximum Gasteiger partial charge on any atom is 0.331 e. The van der Waals surface area contributed by atoms with Crippen molar-refractivity contribution < 1.29 is 35.1 Å². The van der Waals surface area contributed by atoms with Crippen molar-refractivity contribution in [3.8, 4) is 0 Å². The van der Waals surface area contributed by atoms with Crippen molar-refractivity contribution in [2.45, 2.75) is 101 Å². The molecule has 202 valence electrons. The molecule has 0 amide bonds. The zero-order valence-corrected chi connectivity index (χ0v) is 21.9. The maximum absolute atomic E-state index is 13.1. The highest BCUT2D eigenvalue weighted by molar-refractivity contribution is 5.87. The highest BCUT2D eigenvalue weighted by Crippen LogP contribution is 2.71. The first-order valence-electron chi connectivity index (χ1n) is 13.5. The minimum atomic E-state index is -1.82. The molecule has 0 spiro atoms. The lowest BCUT2D eigenvalue weighted by Crippen LogP contribution is -2.78. The summed E-state index contributed by atoms with van der Waals surface area (Å²) in [4.78, 5) is 13.1. The van der Waals surface area contributed by atoms with Crippen LogP contribution >= 0.6 is 0 Å². The standard InChI is InChI=1S/C30H40O7/c1-19(31)28(34)15-16-30(36)27(28,3)24(37-25(33)10-9-20-7-5-4-6-8-20)18-23-26(2)13-12-22(32)17-21(26)11-14-29(23,30)35/h4-11,19,22-24,31-32,34-36H,12-18H2,1-3H3/b10-9-/t19?,22-,23?,24+,26?,27?,28?,29?,30+/m0/s1. The van der Waals surface area contributed by atoms with E-state index in [9.17, 15) is 30.3 Å². The molecule has 0 aliphatic heterocycles. The van der Waals surface area contributed by atoms with E-state index in [1.54, 1.807) is 13.0 Å². The average Bonchev–Trinajstić information content (AvgIpc) is 3.10. The van der Waals surface area contributed by atoms with Crippen LogP contribution in [0.3, 0.4) is 0 Å². The molecule has 4 aliphatic rings. The van der Waals surface area contributed by atoms with E-state index < -0.39 is 57.8 Å². The van der Waals surface area contributed by atoms with Crippen molar-refractivity contribution in [3.05, 3.63) is 53.6 Å². The van der Waals surface area contributed by atoms with Crippen LogP contribution in [0.15, 0.2) is 48.1 Å². The van der Waals surface area contributed by atoms with E-state index in [4.69, 9.17) is 4.74 Å². The Kier molecular flexibility index (Phi) is 6.28. The van der Waals surface area contributed by atoms with E-state index in [-0.39, 0.29) is 25.7 Å². The number of ether oxygens (including phenoxy) is 1. The number of hydrogen-bond acceptors (Lipinski definition) is 7. The zero-order chi connectivity index (χ0) is 26.9. The maximum atomic E-state index is 13.1. The highest BCUT2D eigenvalue weighted by atomic mass is 16.5. The summed E-state index contributed by atoms with van der Waals surface area (Å²) in [6, 6.07) is 9.34. The average molecular weight is 513 g/mol. The van der Waals surface area contributed by atoms with Crippen LogP contribution in [-0.2, 0) is 9.53 Å². The molecule has 3 fully saturated rings. The van der Waals surface area contributed by atoms with Gasteiger partial charge in [-0.3, -0.25) is 0 Å². The van der Waals surface area contributed by atoms with Crippen LogP contribution in [0, 0.1) is 16.7 Å². The van der Waals surface area contributed by atoms with Crippen molar-refractivity contribution in [1.82, 2.24) is 0 Å². The van der Waals surface area contributed by atoms with Crippen molar-refractivity contribution in [2.24, 2.45) is 16.7 Å². The van der Waals surface area contributed by atoms with Gasteiger partial charge in [-0.1, -0.05) is 55.8 Å². The molecule has 5 rings (SSSR count). The second-order valence-electron chi connectivity index (χ2n) is 12.3. The third kappa shape index (κ3) is 3.54. The molecule has 0 bridgehead atoms. The van der Waals surface area contributed by atoms with Gasteiger partial charge < -0.3 is 30.3 Å². The lowest BCUT2D eigenvalue weighted by Gasteiger charge is -2.67. The lowest BCUT2D eigenvalue weighted by atomic mass is 9.42. The molecule has 3 saturated carbocycles. The number of esters is 1. The number of fused-ring (bicyclic) bond motifs is 5. The normalized spacial score (nSPS) is 45.9. The Labute approximate surface area is 218 Å². The Morgan fingerprint density at radius 2 is 1.81 bits per heavy atom. The third-order valence-electron chi connectivity index (χ3n) is 10.8. The van der Waals surface area contributed by atoms with Gasteiger partial charge >= 0.3 is 5.97 Å². The third-order valence-corrected chi connectivity index (χ3v) is 10.8. The molecule has 5 N–H and O–H groups in total. The molecule has 0 saturated heterocycles. The summed E-state index contributed by atoms with van der Waals surface area (Å²) in [5.74, 6) is -1.07. The van der Waals surface area contributed by atoms with Gasteiger partial charge in [-0.2, -0.15) is 0 Å². The summed E-state index contributed by atoms with van der Waals surface area (Å²) in [5, 5.41) is 57.7. The van der Waals surface area contributed by atoms with Crippen molar-refractivity contribution >= 4 is 12.0 Å². The summed E-state index contributed by atoms with van der Waals surface area (Å²) in [5.41, 5.74) is -5.31. The molecule has 7 heteroatoms. The van der Waals surface area contributed by atoms with E-state index in [1.165, 1.54) is 13.0 Å². The second-order valence-corrected chi connectivity index (χ2v) is 12.3. The molecule has 9 atom stereocenters. The van der Waals surface area contributed by atoms with Gasteiger partial charge in [0.05, 0.1) is 17.6 Å². The van der Waals surface area contributed by atoms with Gasteiger partial charge in [0, 0.05) is 12.0 Å². The Bertz CT molecular complexity index is 1110. The van der Waals surface area contributed by atoms with Gasteiger partial charge in [-0.05, 0) is 68.9 Å². The van der Waals surface area contributed by atoms with E-state index in [1.807, 2.05) is 36.4 Å². The predicted octanol–water partition coefficient (Wildman–Crippen LogP) is 2.89. The van der Waals surface area contributed by atoms with Crippen LogP contribution in [-0.4, -0.2) is 66.6 Å².